The molecule has 1 fully saturated rings. The first-order chi connectivity index (χ1) is 26.4. The number of carbonyl (C=O) groups excluding carboxylic acids is 3. The first-order valence-electron chi connectivity index (χ1n) is 16.2. The fraction of sp³-hybridized carbons (Fsp3) is 0.654. The third-order valence-corrected chi connectivity index (χ3v) is 11.8. The van der Waals surface area contributed by atoms with Gasteiger partial charge in [0.25, 0.3) is 0 Å². The Kier molecular flexibility index (Phi) is 17.2. The second kappa shape index (κ2) is 20.3. The van der Waals surface area contributed by atoms with Crippen LogP contribution in [0.15, 0.2) is 12.7 Å². The molecule has 2 amide bonds. The summed E-state index contributed by atoms with van der Waals surface area (Å²) in [4.78, 5) is 98.3. The van der Waals surface area contributed by atoms with Crippen molar-refractivity contribution in [3.63, 3.8) is 0 Å². The van der Waals surface area contributed by atoms with Gasteiger partial charge in [0.05, 0.1) is 26.2 Å². The Labute approximate surface area is 325 Å². The zero-order valence-corrected chi connectivity index (χ0v) is 33.3. The standard InChI is InChI=1S/C26H41FN7O19P3S/c1-26(2,19(37)22(38)30-6-4-15(35)29-7-8-57-25(41)13(3-5-27)24(39)40)10-50-56(47,48)53-55(45,46)49-9-14-18(52-54(42,43)44)17(36)23(51-14)34-12-33-16-20(28)31-11-32-21(16)34/h11-14,17-19,23,36-37H,3-10H2,1-2H3,(H,29,35)(H,30,38)(H,39,40)(H,45,46)(H,47,48)(H2,28,31,32)(H2,42,43,44)/t13?,14-,17-,18-,19+,23-/m1/s1. The van der Waals surface area contributed by atoms with Crippen LogP contribution in [0.5, 0.6) is 0 Å². The van der Waals surface area contributed by atoms with Gasteiger partial charge in [0, 0.05) is 30.7 Å². The molecule has 3 heterocycles. The SMILES string of the molecule is CC(C)(COP(=O)(O)OP(=O)(O)OC[C@H]1O[C@@H](n2cnc3c(N)ncnc32)[C@H](O)[C@@H]1OP(=O)(O)O)[C@@H](O)C(=O)NCCC(=O)NCCSC(=O)C(CCF)C(=O)O. The number of nitrogens with zero attached hydrogens (tertiary/aromatic N) is 4. The third kappa shape index (κ3) is 14.3. The maximum Gasteiger partial charge on any atom is 0.481 e. The highest BCUT2D eigenvalue weighted by Gasteiger charge is 2.50. The number of aromatic nitrogens is 4. The molecule has 57 heavy (non-hydrogen) atoms. The van der Waals surface area contributed by atoms with Gasteiger partial charge in [-0.3, -0.25) is 41.7 Å². The number of nitrogen functional groups attached to an aromatic ring is 1. The van der Waals surface area contributed by atoms with Crippen molar-refractivity contribution in [1.82, 2.24) is 30.2 Å². The normalized spacial score (nSPS) is 22.0. The number of carboxylic acid groups (broad SMARTS) is 1. The van der Waals surface area contributed by atoms with Gasteiger partial charge in [-0.2, -0.15) is 4.31 Å². The minimum absolute atomic E-state index is 0.0112. The van der Waals surface area contributed by atoms with Gasteiger partial charge in [-0.1, -0.05) is 25.6 Å². The van der Waals surface area contributed by atoms with Crippen LogP contribution in [0, 0.1) is 11.3 Å². The zero-order valence-electron chi connectivity index (χ0n) is 29.8. The molecule has 0 saturated carbocycles. The summed E-state index contributed by atoms with van der Waals surface area (Å²) in [6, 6.07) is 0. The van der Waals surface area contributed by atoms with E-state index < -0.39 is 115 Å². The molecule has 322 valence electrons. The van der Waals surface area contributed by atoms with Gasteiger partial charge in [0.15, 0.2) is 17.7 Å². The molecule has 3 rings (SSSR count). The van der Waals surface area contributed by atoms with E-state index in [1.807, 2.05) is 0 Å². The molecule has 11 N–H and O–H groups in total. The van der Waals surface area contributed by atoms with Crippen molar-refractivity contribution in [3.8, 4) is 0 Å². The number of carboxylic acids is 1. The number of nitrogens with two attached hydrogens (primary N) is 1. The number of fused-ring (bicyclic) bond motifs is 1. The van der Waals surface area contributed by atoms with Crippen LogP contribution in [-0.4, -0.2) is 140 Å². The fourth-order valence-corrected chi connectivity index (χ4v) is 8.49. The summed E-state index contributed by atoms with van der Waals surface area (Å²) in [5.74, 6) is -4.71. The van der Waals surface area contributed by atoms with Gasteiger partial charge in [0.2, 0.25) is 16.9 Å². The molecule has 0 aromatic carbocycles. The molecule has 8 atom stereocenters. The van der Waals surface area contributed by atoms with E-state index in [-0.39, 0.29) is 42.2 Å². The predicted octanol–water partition coefficient (Wildman–Crippen LogP) is -1.27. The van der Waals surface area contributed by atoms with Crippen LogP contribution in [0.4, 0.5) is 10.2 Å². The topological polar surface area (TPSA) is 401 Å². The minimum Gasteiger partial charge on any atom is -0.481 e. The van der Waals surface area contributed by atoms with E-state index in [2.05, 4.69) is 34.4 Å². The van der Waals surface area contributed by atoms with Gasteiger partial charge >= 0.3 is 29.4 Å². The molecule has 26 nitrogen and oxygen atoms in total. The van der Waals surface area contributed by atoms with Gasteiger partial charge in [-0.05, 0) is 6.42 Å². The van der Waals surface area contributed by atoms with E-state index in [1.165, 1.54) is 13.8 Å². The van der Waals surface area contributed by atoms with E-state index in [0.717, 1.165) is 17.2 Å². The number of rotatable bonds is 23. The lowest BCUT2D eigenvalue weighted by Crippen LogP contribution is -2.46. The molecule has 2 aromatic heterocycles. The number of phosphoric acid groups is 3. The lowest BCUT2D eigenvalue weighted by molar-refractivity contribution is -0.144. The number of anilines is 1. The number of halogens is 1. The van der Waals surface area contributed by atoms with E-state index in [9.17, 15) is 67.1 Å². The summed E-state index contributed by atoms with van der Waals surface area (Å²) in [5, 5.41) is 34.3. The highest BCUT2D eigenvalue weighted by atomic mass is 32.2. The summed E-state index contributed by atoms with van der Waals surface area (Å²) in [5.41, 5.74) is 4.15. The quantitative estimate of drug-likeness (QED) is 0.0353. The van der Waals surface area contributed by atoms with Crippen LogP contribution in [0.25, 0.3) is 11.2 Å². The number of hydrogen-bond acceptors (Lipinski definition) is 19. The number of carbonyl (C=O) groups is 4. The molecule has 31 heteroatoms. The molecule has 1 aliphatic rings. The fourth-order valence-electron chi connectivity index (χ4n) is 4.83. The third-order valence-electron chi connectivity index (χ3n) is 7.73. The summed E-state index contributed by atoms with van der Waals surface area (Å²) in [6.07, 6.45) is -7.73. The number of aliphatic hydroxyl groups excluding tert-OH is 2. The van der Waals surface area contributed by atoms with E-state index >= 15 is 0 Å². The summed E-state index contributed by atoms with van der Waals surface area (Å²) in [7, 11) is -16.5. The van der Waals surface area contributed by atoms with Crippen LogP contribution < -0.4 is 16.4 Å². The first kappa shape index (κ1) is 48.3. The second-order valence-electron chi connectivity index (χ2n) is 12.6. The zero-order chi connectivity index (χ0) is 42.9. The van der Waals surface area contributed by atoms with Crippen LogP contribution in [0.1, 0.15) is 32.9 Å². The van der Waals surface area contributed by atoms with E-state index in [4.69, 9.17) is 24.6 Å². The summed E-state index contributed by atoms with van der Waals surface area (Å²) in [6.45, 7) is -1.07. The van der Waals surface area contributed by atoms with Gasteiger partial charge in [0.1, 0.15) is 42.2 Å². The van der Waals surface area contributed by atoms with Crippen LogP contribution in [0.2, 0.25) is 0 Å². The molecular formula is C26H41FN7O19P3S. The molecule has 3 unspecified atom stereocenters. The first-order valence-corrected chi connectivity index (χ1v) is 21.7. The lowest BCUT2D eigenvalue weighted by atomic mass is 9.87. The van der Waals surface area contributed by atoms with E-state index in [0.29, 0.717) is 11.8 Å². The average Bonchev–Trinajstić information content (AvgIpc) is 3.66. The Hall–Kier alpha value is -3.04. The molecule has 1 saturated heterocycles. The van der Waals surface area contributed by atoms with Crippen molar-refractivity contribution in [3.05, 3.63) is 12.7 Å². The van der Waals surface area contributed by atoms with Crippen molar-refractivity contribution in [2.45, 2.75) is 57.3 Å². The molecule has 0 bridgehead atoms. The number of nitrogens with one attached hydrogen (secondary N) is 2. The van der Waals surface area contributed by atoms with Crippen molar-refractivity contribution >= 4 is 75.1 Å². The Morgan fingerprint density at radius 3 is 2.37 bits per heavy atom. The number of thioether (sulfide) groups is 1. The Morgan fingerprint density at radius 2 is 1.74 bits per heavy atom. The monoisotopic (exact) mass is 899 g/mol. The minimum atomic E-state index is -5.61. The van der Waals surface area contributed by atoms with Crippen LogP contribution >= 0.6 is 35.2 Å². The van der Waals surface area contributed by atoms with Crippen molar-refractivity contribution in [2.24, 2.45) is 11.3 Å². The molecule has 0 spiro atoms. The number of ether oxygens (including phenoxy) is 1. The summed E-state index contributed by atoms with van der Waals surface area (Å²) < 4.78 is 74.3. The molecular weight excluding hydrogens is 858 g/mol. The van der Waals surface area contributed by atoms with Crippen LogP contribution in [-0.2, 0) is 55.5 Å². The molecule has 2 aromatic rings. The number of alkyl halides is 1. The summed E-state index contributed by atoms with van der Waals surface area (Å²) >= 11 is 0.599. The van der Waals surface area contributed by atoms with Crippen molar-refractivity contribution in [2.75, 3.05) is 44.5 Å². The highest BCUT2D eigenvalue weighted by Crippen LogP contribution is 2.61. The van der Waals surface area contributed by atoms with Gasteiger partial charge < -0.3 is 56.0 Å². The van der Waals surface area contributed by atoms with Crippen LogP contribution in [0.3, 0.4) is 0 Å². The lowest BCUT2D eigenvalue weighted by Gasteiger charge is -2.30. The Bertz CT molecular complexity index is 1910. The maximum absolute atomic E-state index is 12.7. The largest absolute Gasteiger partial charge is 0.481 e. The number of aliphatic carboxylic acids is 1. The average molecular weight is 900 g/mol. The Balaban J connectivity index is 1.49. The van der Waals surface area contributed by atoms with Crippen molar-refractivity contribution in [1.29, 1.82) is 0 Å². The second-order valence-corrected chi connectivity index (χ2v) is 17.9. The number of amides is 2. The molecule has 1 aliphatic heterocycles. The smallest absolute Gasteiger partial charge is 0.481 e. The number of phosphoric ester groups is 3. The molecule has 0 radical (unpaired) electrons. The van der Waals surface area contributed by atoms with Gasteiger partial charge in [-0.15, -0.1) is 0 Å². The number of aliphatic hydroxyl groups is 2. The Morgan fingerprint density at radius 1 is 1.07 bits per heavy atom. The number of imidazole rings is 1. The van der Waals surface area contributed by atoms with Gasteiger partial charge in [-0.25, -0.2) is 28.6 Å². The molecule has 0 aliphatic carbocycles. The highest BCUT2D eigenvalue weighted by molar-refractivity contribution is 8.13. The predicted molar refractivity (Wildman–Crippen MR) is 189 cm³/mol. The van der Waals surface area contributed by atoms with Crippen molar-refractivity contribution < 1.29 is 94.8 Å². The number of hydrogen-bond donors (Lipinski definition) is 10. The maximum atomic E-state index is 12.7. The van der Waals surface area contributed by atoms with E-state index in [1.54, 1.807) is 0 Å².